The Morgan fingerprint density at radius 1 is 1.24 bits per heavy atom. The number of rotatable bonds is 8. The minimum absolute atomic E-state index is 0.0459. The Balaban J connectivity index is 1.40. The first-order valence-electron chi connectivity index (χ1n) is 11.5. The Labute approximate surface area is 192 Å². The summed E-state index contributed by atoms with van der Waals surface area (Å²) in [7, 11) is 3.51. The van der Waals surface area contributed by atoms with E-state index < -0.39 is 5.97 Å². The van der Waals surface area contributed by atoms with Crippen LogP contribution in [0, 0.1) is 18.8 Å². The Bertz CT molecular complexity index is 1020. The highest BCUT2D eigenvalue weighted by atomic mass is 16.6. The van der Waals surface area contributed by atoms with Crippen LogP contribution in [-0.2, 0) is 23.2 Å². The third-order valence-corrected chi connectivity index (χ3v) is 6.65. The number of nitrogens with zero attached hydrogens (tertiary/aromatic N) is 5. The van der Waals surface area contributed by atoms with Gasteiger partial charge in [-0.25, -0.2) is 14.5 Å². The average Bonchev–Trinajstić information content (AvgIpc) is 3.37. The largest absolute Gasteiger partial charge is 0.489 e. The number of pyridine rings is 1. The van der Waals surface area contributed by atoms with Gasteiger partial charge in [-0.2, -0.15) is 0 Å². The molecule has 10 nitrogen and oxygen atoms in total. The van der Waals surface area contributed by atoms with E-state index in [1.807, 2.05) is 13.0 Å². The van der Waals surface area contributed by atoms with Crippen LogP contribution in [0.4, 0.5) is 4.79 Å². The van der Waals surface area contributed by atoms with Crippen LogP contribution in [0.3, 0.4) is 0 Å². The predicted molar refractivity (Wildman–Crippen MR) is 119 cm³/mol. The molecule has 178 valence electrons. The molecule has 2 aromatic heterocycles. The Morgan fingerprint density at radius 3 is 2.67 bits per heavy atom. The molecule has 10 heteroatoms. The van der Waals surface area contributed by atoms with Crippen molar-refractivity contribution in [2.45, 2.75) is 58.2 Å². The van der Waals surface area contributed by atoms with Gasteiger partial charge in [0.2, 0.25) is 0 Å². The van der Waals surface area contributed by atoms with Crippen molar-refractivity contribution in [2.24, 2.45) is 18.9 Å². The number of aromatic nitrogens is 4. The van der Waals surface area contributed by atoms with E-state index >= 15 is 0 Å². The summed E-state index contributed by atoms with van der Waals surface area (Å²) in [5.41, 5.74) is 2.49. The first-order chi connectivity index (χ1) is 15.8. The maximum atomic E-state index is 12.4. The molecule has 0 aromatic carbocycles. The molecule has 2 atom stereocenters. The smallest absolute Gasteiger partial charge is 0.409 e. The molecule has 4 rings (SSSR count). The van der Waals surface area contributed by atoms with Gasteiger partial charge in [0, 0.05) is 20.6 Å². The maximum Gasteiger partial charge on any atom is 0.409 e. The van der Waals surface area contributed by atoms with Crippen LogP contribution in [0.25, 0.3) is 11.4 Å². The molecular formula is C23H31N5O5. The summed E-state index contributed by atoms with van der Waals surface area (Å²) in [5.74, 6) is 0.0875. The van der Waals surface area contributed by atoms with Gasteiger partial charge >= 0.3 is 12.1 Å². The van der Waals surface area contributed by atoms with Crippen molar-refractivity contribution in [2.75, 3.05) is 13.6 Å². The van der Waals surface area contributed by atoms with Gasteiger partial charge in [0.05, 0.1) is 23.4 Å². The predicted octanol–water partition coefficient (Wildman–Crippen LogP) is 3.19. The van der Waals surface area contributed by atoms with E-state index in [4.69, 9.17) is 9.47 Å². The van der Waals surface area contributed by atoms with Crippen molar-refractivity contribution in [1.29, 1.82) is 0 Å². The third kappa shape index (κ3) is 5.26. The molecule has 2 aliphatic carbocycles. The lowest BCUT2D eigenvalue weighted by Gasteiger charge is -2.29. The first kappa shape index (κ1) is 23.0. The van der Waals surface area contributed by atoms with E-state index in [-0.39, 0.29) is 24.7 Å². The zero-order valence-electron chi connectivity index (χ0n) is 19.4. The van der Waals surface area contributed by atoms with Crippen LogP contribution >= 0.6 is 0 Å². The quantitative estimate of drug-likeness (QED) is 0.642. The van der Waals surface area contributed by atoms with E-state index in [9.17, 15) is 14.7 Å². The highest BCUT2D eigenvalue weighted by Crippen LogP contribution is 2.31. The lowest BCUT2D eigenvalue weighted by atomic mass is 9.85. The van der Waals surface area contributed by atoms with Gasteiger partial charge in [0.1, 0.15) is 23.7 Å². The van der Waals surface area contributed by atoms with E-state index in [0.29, 0.717) is 60.3 Å². The normalized spacial score (nSPS) is 20.3. The van der Waals surface area contributed by atoms with Crippen LogP contribution < -0.4 is 4.74 Å². The fourth-order valence-corrected chi connectivity index (χ4v) is 4.37. The highest BCUT2D eigenvalue weighted by molar-refractivity contribution is 5.70. The van der Waals surface area contributed by atoms with Gasteiger partial charge < -0.3 is 19.5 Å². The fourth-order valence-electron chi connectivity index (χ4n) is 4.37. The van der Waals surface area contributed by atoms with Gasteiger partial charge in [-0.15, -0.1) is 5.10 Å². The molecule has 2 heterocycles. The van der Waals surface area contributed by atoms with Crippen LogP contribution in [-0.4, -0.2) is 61.7 Å². The Morgan fingerprint density at radius 2 is 2.03 bits per heavy atom. The monoisotopic (exact) mass is 457 g/mol. The molecule has 33 heavy (non-hydrogen) atoms. The zero-order valence-corrected chi connectivity index (χ0v) is 19.4. The van der Waals surface area contributed by atoms with Gasteiger partial charge in [-0.05, 0) is 57.1 Å². The molecule has 0 aliphatic heterocycles. The maximum absolute atomic E-state index is 12.4. The summed E-state index contributed by atoms with van der Waals surface area (Å²) in [5, 5.41) is 17.5. The number of carbonyl (C=O) groups excluding carboxylic acids is 1. The summed E-state index contributed by atoms with van der Waals surface area (Å²) < 4.78 is 13.1. The van der Waals surface area contributed by atoms with E-state index in [1.165, 1.54) is 19.3 Å². The first-order valence-corrected chi connectivity index (χ1v) is 11.5. The third-order valence-electron chi connectivity index (χ3n) is 6.65. The second-order valence-electron chi connectivity index (χ2n) is 9.11. The molecule has 2 aliphatic rings. The second kappa shape index (κ2) is 9.76. The molecule has 2 saturated carbocycles. The number of carboxylic acid groups (broad SMARTS) is 1. The summed E-state index contributed by atoms with van der Waals surface area (Å²) >= 11 is 0. The van der Waals surface area contributed by atoms with Crippen molar-refractivity contribution in [3.8, 4) is 17.1 Å². The number of carboxylic acids is 1. The lowest BCUT2D eigenvalue weighted by Crippen LogP contribution is -2.34. The van der Waals surface area contributed by atoms with Gasteiger partial charge in [-0.3, -0.25) is 4.79 Å². The topological polar surface area (TPSA) is 120 Å². The molecule has 0 radical (unpaired) electrons. The van der Waals surface area contributed by atoms with Crippen LogP contribution in [0.5, 0.6) is 5.75 Å². The summed E-state index contributed by atoms with van der Waals surface area (Å²) in [6.07, 6.45) is 4.93. The van der Waals surface area contributed by atoms with E-state index in [2.05, 4.69) is 15.3 Å². The van der Waals surface area contributed by atoms with Gasteiger partial charge in [-0.1, -0.05) is 11.6 Å². The average molecular weight is 458 g/mol. The van der Waals surface area contributed by atoms with Crippen molar-refractivity contribution in [3.05, 3.63) is 23.5 Å². The number of hydrogen-bond acceptors (Lipinski definition) is 7. The zero-order chi connectivity index (χ0) is 23.5. The number of hydrogen-bond donors (Lipinski definition) is 1. The van der Waals surface area contributed by atoms with Crippen LogP contribution in [0.2, 0.25) is 0 Å². The molecule has 0 saturated heterocycles. The van der Waals surface area contributed by atoms with Crippen molar-refractivity contribution in [1.82, 2.24) is 24.9 Å². The Hall–Kier alpha value is -3.17. The molecule has 0 bridgehead atoms. The highest BCUT2D eigenvalue weighted by Gasteiger charge is 2.31. The number of amides is 1. The van der Waals surface area contributed by atoms with E-state index in [1.54, 1.807) is 29.7 Å². The molecule has 0 spiro atoms. The SMILES string of the molecule is Cc1nc(-c2nnn(C)c2COC(=O)N(C)CC2CCC2)ccc1O[C@@H]1CC[C@H](C(=O)O)C1. The van der Waals surface area contributed by atoms with Crippen molar-refractivity contribution in [3.63, 3.8) is 0 Å². The standard InChI is InChI=1S/C23H31N5O5/c1-14-20(33-17-8-7-16(11-17)22(29)30)10-9-18(24-14)21-19(28(3)26-25-21)13-32-23(31)27(2)12-15-5-4-6-15/h9-10,15-17H,4-8,11-13H2,1-3H3,(H,29,30)/t16-,17+/m0/s1. The summed E-state index contributed by atoms with van der Waals surface area (Å²) in [6.45, 7) is 2.60. The van der Waals surface area contributed by atoms with Crippen molar-refractivity contribution >= 4 is 12.1 Å². The molecule has 1 amide bonds. The molecule has 2 fully saturated rings. The molecule has 2 aromatic rings. The summed E-state index contributed by atoms with van der Waals surface area (Å²) in [4.78, 5) is 29.8. The number of ether oxygens (including phenoxy) is 2. The Kier molecular flexibility index (Phi) is 6.80. The number of carbonyl (C=O) groups is 2. The van der Waals surface area contributed by atoms with Crippen LogP contribution in [0.1, 0.15) is 49.9 Å². The second-order valence-corrected chi connectivity index (χ2v) is 9.11. The minimum Gasteiger partial charge on any atom is -0.489 e. The van der Waals surface area contributed by atoms with Crippen LogP contribution in [0.15, 0.2) is 12.1 Å². The summed E-state index contributed by atoms with van der Waals surface area (Å²) in [6, 6.07) is 3.62. The van der Waals surface area contributed by atoms with E-state index in [0.717, 1.165) is 0 Å². The van der Waals surface area contributed by atoms with Gasteiger partial charge in [0.25, 0.3) is 0 Å². The lowest BCUT2D eigenvalue weighted by molar-refractivity contribution is -0.141. The number of aliphatic carboxylic acids is 1. The van der Waals surface area contributed by atoms with Crippen molar-refractivity contribution < 1.29 is 24.2 Å². The number of aryl methyl sites for hydroxylation is 2. The molecule has 1 N–H and O–H groups in total. The molecular weight excluding hydrogens is 426 g/mol. The fraction of sp³-hybridized carbons (Fsp3) is 0.609. The minimum atomic E-state index is -0.767. The van der Waals surface area contributed by atoms with Gasteiger partial charge in [0.15, 0.2) is 0 Å². The molecule has 0 unspecified atom stereocenters.